The van der Waals surface area contributed by atoms with Gasteiger partial charge in [0.25, 0.3) is 5.91 Å². The summed E-state index contributed by atoms with van der Waals surface area (Å²) in [4.78, 5) is 31.7. The van der Waals surface area contributed by atoms with Gasteiger partial charge in [0.2, 0.25) is 0 Å². The summed E-state index contributed by atoms with van der Waals surface area (Å²) in [7, 11) is 1.51. The average molecular weight is 548 g/mol. The van der Waals surface area contributed by atoms with Crippen molar-refractivity contribution in [3.63, 3.8) is 0 Å². The number of methoxy groups -OCH3 is 1. The first-order valence-corrected chi connectivity index (χ1v) is 12.6. The minimum Gasteiger partial charge on any atom is -0.493 e. The summed E-state index contributed by atoms with van der Waals surface area (Å²) in [6.45, 7) is 3.56. The molecule has 1 amide bonds. The summed E-state index contributed by atoms with van der Waals surface area (Å²) in [5.74, 6) is -0.0167. The number of ether oxygens (including phenoxy) is 3. The first-order valence-electron chi connectivity index (χ1n) is 11.0. The Morgan fingerprint density at radius 3 is 2.67 bits per heavy atom. The van der Waals surface area contributed by atoms with Crippen LogP contribution in [-0.2, 0) is 14.3 Å². The molecule has 1 N–H and O–H groups in total. The van der Waals surface area contributed by atoms with E-state index in [1.807, 2.05) is 22.6 Å². The fraction of sp³-hybridized carbons (Fsp3) is 0.240. The molecule has 8 nitrogen and oxygen atoms in total. The summed E-state index contributed by atoms with van der Waals surface area (Å²) in [5.41, 5.74) is 2.32. The predicted molar refractivity (Wildman–Crippen MR) is 142 cm³/mol. The third-order valence-electron chi connectivity index (χ3n) is 5.38. The molecule has 0 bridgehead atoms. The zero-order valence-electron chi connectivity index (χ0n) is 19.7. The van der Waals surface area contributed by atoms with Gasteiger partial charge in [-0.25, -0.2) is 9.79 Å². The van der Waals surface area contributed by atoms with E-state index in [0.29, 0.717) is 38.5 Å². The molecule has 2 aliphatic heterocycles. The summed E-state index contributed by atoms with van der Waals surface area (Å²) < 4.78 is 16.6. The van der Waals surface area contributed by atoms with Crippen LogP contribution in [0.3, 0.4) is 0 Å². The van der Waals surface area contributed by atoms with Gasteiger partial charge in [-0.1, -0.05) is 41.0 Å². The van der Waals surface area contributed by atoms with E-state index in [2.05, 4.69) is 10.3 Å². The van der Waals surface area contributed by atoms with Crippen LogP contribution in [0.15, 0.2) is 64.3 Å². The van der Waals surface area contributed by atoms with E-state index < -0.39 is 12.0 Å². The Morgan fingerprint density at radius 2 is 1.94 bits per heavy atom. The van der Waals surface area contributed by atoms with Gasteiger partial charge in [-0.3, -0.25) is 4.79 Å². The van der Waals surface area contributed by atoms with Crippen LogP contribution < -0.4 is 14.8 Å². The van der Waals surface area contributed by atoms with Crippen LogP contribution in [0.25, 0.3) is 0 Å². The van der Waals surface area contributed by atoms with Gasteiger partial charge in [0.1, 0.15) is 0 Å². The van der Waals surface area contributed by atoms with E-state index in [4.69, 9.17) is 37.4 Å². The first kappa shape index (κ1) is 25.9. The van der Waals surface area contributed by atoms with Crippen molar-refractivity contribution in [3.05, 3.63) is 74.9 Å². The number of fused-ring (bicyclic) bond motifs is 1. The van der Waals surface area contributed by atoms with Crippen LogP contribution in [0.4, 0.5) is 5.69 Å². The maximum absolute atomic E-state index is 12.8. The number of esters is 1. The second kappa shape index (κ2) is 11.3. The van der Waals surface area contributed by atoms with Crippen LogP contribution >= 0.6 is 35.0 Å². The number of benzene rings is 2. The van der Waals surface area contributed by atoms with Gasteiger partial charge in [-0.05, 0) is 55.2 Å². The molecule has 2 aliphatic rings. The number of aliphatic imine (C=N–C) groups is 1. The number of amides is 1. The van der Waals surface area contributed by atoms with Gasteiger partial charge in [0, 0.05) is 11.9 Å². The number of amidine groups is 1. The predicted octanol–water partition coefficient (Wildman–Crippen LogP) is 5.79. The van der Waals surface area contributed by atoms with Crippen molar-refractivity contribution in [1.29, 1.82) is 0 Å². The average Bonchev–Trinajstić information content (AvgIpc) is 3.32. The third kappa shape index (κ3) is 5.48. The lowest BCUT2D eigenvalue weighted by atomic mass is 9.94. The molecule has 4 rings (SSSR count). The van der Waals surface area contributed by atoms with Crippen molar-refractivity contribution in [2.75, 3.05) is 25.6 Å². The molecule has 0 fully saturated rings. The molecule has 2 heterocycles. The molecule has 0 radical (unpaired) electrons. The number of halogens is 2. The fourth-order valence-electron chi connectivity index (χ4n) is 3.79. The lowest BCUT2D eigenvalue weighted by Gasteiger charge is -2.33. The van der Waals surface area contributed by atoms with E-state index in [0.717, 1.165) is 10.7 Å². The molecule has 188 valence electrons. The topological polar surface area (TPSA) is 89.5 Å². The van der Waals surface area contributed by atoms with E-state index in [9.17, 15) is 9.59 Å². The highest BCUT2D eigenvalue weighted by molar-refractivity contribution is 8.16. The zero-order chi connectivity index (χ0) is 25.8. The molecule has 0 unspecified atom stereocenters. The number of nitrogens with one attached hydrogen (secondary N) is 1. The maximum Gasteiger partial charge on any atom is 0.338 e. The fourth-order valence-corrected chi connectivity index (χ4v) is 4.88. The monoisotopic (exact) mass is 547 g/mol. The Balaban J connectivity index is 1.54. The van der Waals surface area contributed by atoms with Crippen LogP contribution in [0, 0.1) is 0 Å². The second-order valence-corrected chi connectivity index (χ2v) is 9.39. The number of carbonyl (C=O) groups is 2. The summed E-state index contributed by atoms with van der Waals surface area (Å²) in [5, 5.41) is 6.11. The highest BCUT2D eigenvalue weighted by Gasteiger charge is 2.37. The lowest BCUT2D eigenvalue weighted by Crippen LogP contribution is -2.34. The largest absolute Gasteiger partial charge is 0.493 e. The van der Waals surface area contributed by atoms with Crippen LogP contribution in [0.5, 0.6) is 11.5 Å². The number of hydrogen-bond acceptors (Lipinski definition) is 8. The van der Waals surface area contributed by atoms with Gasteiger partial charge >= 0.3 is 5.97 Å². The molecule has 11 heteroatoms. The molecular formula is C25H23Cl2N3O5S. The van der Waals surface area contributed by atoms with Crippen LogP contribution in [-0.4, -0.2) is 42.3 Å². The molecule has 36 heavy (non-hydrogen) atoms. The van der Waals surface area contributed by atoms with E-state index in [1.54, 1.807) is 44.2 Å². The smallest absolute Gasteiger partial charge is 0.338 e. The number of allylic oxidation sites excluding steroid dienone is 1. The zero-order valence-corrected chi connectivity index (χ0v) is 22.0. The van der Waals surface area contributed by atoms with E-state index >= 15 is 0 Å². The molecule has 0 aromatic heterocycles. The Labute approximate surface area is 222 Å². The van der Waals surface area contributed by atoms with E-state index in [1.165, 1.54) is 18.9 Å². The minimum atomic E-state index is -0.455. The Hall–Kier alpha value is -3.14. The van der Waals surface area contributed by atoms with Crippen molar-refractivity contribution in [2.24, 2.45) is 4.99 Å². The molecule has 0 aliphatic carbocycles. The Bertz CT molecular complexity index is 1290. The highest BCUT2D eigenvalue weighted by Crippen LogP contribution is 2.43. The Kier molecular flexibility index (Phi) is 8.13. The number of nitrogens with zero attached hydrogens (tertiary/aromatic N) is 2. The molecule has 0 saturated carbocycles. The molecule has 0 saturated heterocycles. The van der Waals surface area contributed by atoms with Gasteiger partial charge in [-0.2, -0.15) is 0 Å². The number of carbonyl (C=O) groups excluding carboxylic acids is 2. The van der Waals surface area contributed by atoms with Gasteiger partial charge in [0.15, 0.2) is 23.3 Å². The van der Waals surface area contributed by atoms with E-state index in [-0.39, 0.29) is 19.1 Å². The standard InChI is InChI=1S/C25H23Cl2N3O5S/c1-4-34-24(32)22-14(2)28-25-30(9-10-36-25)23(22)15-5-8-19(20(11-15)33-3)35-13-21(31)29-16-6-7-17(26)18(27)12-16/h5-12,23H,4,13H2,1-3H3,(H,29,31)/t23-/m0/s1. The number of thioether (sulfide) groups is 1. The molecular weight excluding hydrogens is 525 g/mol. The SMILES string of the molecule is CCOC(=O)C1=C(C)N=C2SC=CN2[C@H]1c1ccc(OCC(=O)Nc2ccc(Cl)c(Cl)c2)c(OC)c1. The van der Waals surface area contributed by atoms with Crippen molar-refractivity contribution < 1.29 is 23.8 Å². The van der Waals surface area contributed by atoms with Crippen molar-refractivity contribution in [3.8, 4) is 11.5 Å². The first-order chi connectivity index (χ1) is 17.3. The number of rotatable bonds is 8. The number of hydrogen-bond donors (Lipinski definition) is 1. The van der Waals surface area contributed by atoms with Gasteiger partial charge < -0.3 is 24.4 Å². The van der Waals surface area contributed by atoms with Crippen molar-refractivity contribution in [1.82, 2.24) is 4.90 Å². The van der Waals surface area contributed by atoms with Crippen LogP contribution in [0.2, 0.25) is 10.0 Å². The third-order valence-corrected chi connectivity index (χ3v) is 6.89. The summed E-state index contributed by atoms with van der Waals surface area (Å²) in [6, 6.07) is 9.65. The van der Waals surface area contributed by atoms with Gasteiger partial charge in [0.05, 0.1) is 41.1 Å². The molecule has 1 atom stereocenters. The van der Waals surface area contributed by atoms with Crippen molar-refractivity contribution >= 4 is 57.7 Å². The second-order valence-electron chi connectivity index (χ2n) is 7.70. The highest BCUT2D eigenvalue weighted by atomic mass is 35.5. The lowest BCUT2D eigenvalue weighted by molar-refractivity contribution is -0.139. The maximum atomic E-state index is 12.8. The van der Waals surface area contributed by atoms with Crippen molar-refractivity contribution in [2.45, 2.75) is 19.9 Å². The quantitative estimate of drug-likeness (QED) is 0.418. The molecule has 0 spiro atoms. The molecule has 2 aromatic rings. The summed E-state index contributed by atoms with van der Waals surface area (Å²) in [6.07, 6.45) is 1.88. The summed E-state index contributed by atoms with van der Waals surface area (Å²) >= 11 is 13.4. The Morgan fingerprint density at radius 1 is 1.14 bits per heavy atom. The minimum absolute atomic E-state index is 0.254. The van der Waals surface area contributed by atoms with Crippen LogP contribution in [0.1, 0.15) is 25.5 Å². The normalized spacial score (nSPS) is 16.4. The number of anilines is 1. The van der Waals surface area contributed by atoms with Gasteiger partial charge in [-0.15, -0.1) is 0 Å². The molecule has 2 aromatic carbocycles.